The Morgan fingerprint density at radius 2 is 2.23 bits per heavy atom. The fraction of sp³-hybridized carbons (Fsp3) is 0.591. The first-order valence-electron chi connectivity index (χ1n) is 10.5. The molecule has 1 aromatic heterocycles. The molecule has 0 radical (unpaired) electrons. The van der Waals surface area contributed by atoms with Crippen molar-refractivity contribution in [3.63, 3.8) is 0 Å². The normalized spacial score (nSPS) is 27.6. The van der Waals surface area contributed by atoms with Crippen molar-refractivity contribution in [1.82, 2.24) is 15.2 Å². The van der Waals surface area contributed by atoms with Crippen LogP contribution in [0.5, 0.6) is 11.6 Å². The number of hydrogen-bond donors (Lipinski definition) is 2. The molecule has 3 aliphatic rings. The van der Waals surface area contributed by atoms with E-state index in [-0.39, 0.29) is 22.6 Å². The average molecular weight is 436 g/mol. The van der Waals surface area contributed by atoms with Crippen LogP contribution in [-0.4, -0.2) is 53.6 Å². The van der Waals surface area contributed by atoms with Crippen LogP contribution in [-0.2, 0) is 4.74 Å². The van der Waals surface area contributed by atoms with E-state index in [0.717, 1.165) is 30.8 Å². The summed E-state index contributed by atoms with van der Waals surface area (Å²) in [7, 11) is 0. The van der Waals surface area contributed by atoms with E-state index in [2.05, 4.69) is 28.2 Å². The van der Waals surface area contributed by atoms with Crippen LogP contribution in [0.4, 0.5) is 4.39 Å². The highest BCUT2D eigenvalue weighted by Crippen LogP contribution is 2.36. The van der Waals surface area contributed by atoms with Crippen LogP contribution in [0.3, 0.4) is 0 Å². The maximum Gasteiger partial charge on any atom is 0.257 e. The van der Waals surface area contributed by atoms with Crippen molar-refractivity contribution in [2.75, 3.05) is 32.9 Å². The first-order valence-corrected chi connectivity index (χ1v) is 11.0. The number of ether oxygens (including phenoxy) is 3. The number of thiol groups is 1. The third-order valence-corrected chi connectivity index (χ3v) is 6.27. The van der Waals surface area contributed by atoms with Gasteiger partial charge in [0.05, 0.1) is 16.5 Å². The minimum atomic E-state index is -0.368. The zero-order chi connectivity index (χ0) is 21.3. The summed E-state index contributed by atoms with van der Waals surface area (Å²) in [6, 6.07) is 1.43. The van der Waals surface area contributed by atoms with Gasteiger partial charge in [-0.25, -0.2) is 9.37 Å². The molecule has 0 aliphatic carbocycles. The molecule has 4 heterocycles. The number of fused-ring (bicyclic) bond motifs is 1. The molecular weight excluding hydrogens is 405 g/mol. The molecular formula is C22H30FN3O3S. The van der Waals surface area contributed by atoms with Gasteiger partial charge in [0.1, 0.15) is 31.4 Å². The van der Waals surface area contributed by atoms with E-state index in [4.69, 9.17) is 26.8 Å². The predicted molar refractivity (Wildman–Crippen MR) is 117 cm³/mol. The molecule has 0 aromatic carbocycles. The number of piperidine rings is 1. The number of nitrogens with one attached hydrogen (secondary N) is 1. The largest absolute Gasteiger partial charge is 0.492 e. The fourth-order valence-corrected chi connectivity index (χ4v) is 4.69. The van der Waals surface area contributed by atoms with Crippen molar-refractivity contribution in [3.8, 4) is 11.6 Å². The van der Waals surface area contributed by atoms with Crippen LogP contribution in [0.1, 0.15) is 45.3 Å². The zero-order valence-corrected chi connectivity index (χ0v) is 18.7. The Kier molecular flexibility index (Phi) is 6.16. The Morgan fingerprint density at radius 1 is 1.43 bits per heavy atom. The second-order valence-electron chi connectivity index (χ2n) is 8.45. The second kappa shape index (κ2) is 8.67. The van der Waals surface area contributed by atoms with Gasteiger partial charge in [-0.3, -0.25) is 4.90 Å². The fourth-order valence-electron chi connectivity index (χ4n) is 4.28. The number of dihydropyridines is 1. The standard InChI is InChI=1S/C22H30FN3O3S/c1-14-9-17(10-15(2)24-14)29-13-22(30)5-4-6-26(12-22)16(3)20-18(23)11-19-21(25-20)28-8-7-27-19/h9-11,14,16,24,30H,4-8,12-13H2,1-3H3/t14?,16-,22-/m0/s1. The zero-order valence-electron chi connectivity index (χ0n) is 17.8. The number of nitrogens with zero attached hydrogens (tertiary/aromatic N) is 2. The van der Waals surface area contributed by atoms with Gasteiger partial charge in [0, 0.05) is 24.4 Å². The summed E-state index contributed by atoms with van der Waals surface area (Å²) >= 11 is 4.98. The third-order valence-electron chi connectivity index (χ3n) is 5.78. The molecule has 3 aliphatic heterocycles. The van der Waals surface area contributed by atoms with Crippen molar-refractivity contribution >= 4 is 12.6 Å². The maximum atomic E-state index is 14.8. The molecule has 1 saturated heterocycles. The summed E-state index contributed by atoms with van der Waals surface area (Å²) in [4.78, 5) is 6.65. The lowest BCUT2D eigenvalue weighted by Crippen LogP contribution is -2.48. The van der Waals surface area contributed by atoms with E-state index in [1.54, 1.807) is 0 Å². The first kappa shape index (κ1) is 21.3. The number of hydrogen-bond acceptors (Lipinski definition) is 7. The Hall–Kier alpha value is -1.93. The van der Waals surface area contributed by atoms with Gasteiger partial charge in [0.25, 0.3) is 5.88 Å². The van der Waals surface area contributed by atoms with Gasteiger partial charge in [0.15, 0.2) is 5.75 Å². The molecule has 0 saturated carbocycles. The Morgan fingerprint density at radius 3 is 3.03 bits per heavy atom. The molecule has 30 heavy (non-hydrogen) atoms. The topological polar surface area (TPSA) is 55.9 Å². The molecule has 0 spiro atoms. The van der Waals surface area contributed by atoms with Gasteiger partial charge in [-0.15, -0.1) is 0 Å². The highest BCUT2D eigenvalue weighted by molar-refractivity contribution is 7.81. The van der Waals surface area contributed by atoms with Crippen molar-refractivity contribution in [1.29, 1.82) is 0 Å². The number of pyridine rings is 1. The number of likely N-dealkylation sites (tertiary alicyclic amines) is 1. The van der Waals surface area contributed by atoms with E-state index in [0.29, 0.717) is 43.7 Å². The lowest BCUT2D eigenvalue weighted by molar-refractivity contribution is 0.0950. The second-order valence-corrected chi connectivity index (χ2v) is 9.40. The molecule has 1 unspecified atom stereocenters. The van der Waals surface area contributed by atoms with Crippen molar-refractivity contribution in [3.05, 3.63) is 41.2 Å². The van der Waals surface area contributed by atoms with Gasteiger partial charge in [-0.1, -0.05) is 0 Å². The van der Waals surface area contributed by atoms with E-state index < -0.39 is 0 Å². The summed E-state index contributed by atoms with van der Waals surface area (Å²) in [6.45, 7) is 8.99. The van der Waals surface area contributed by atoms with Gasteiger partial charge in [-0.2, -0.15) is 12.6 Å². The molecule has 1 aromatic rings. The van der Waals surface area contributed by atoms with Crippen molar-refractivity contribution in [2.45, 2.75) is 50.4 Å². The molecule has 164 valence electrons. The molecule has 1 N–H and O–H groups in total. The Balaban J connectivity index is 1.44. The van der Waals surface area contributed by atoms with Gasteiger partial charge in [0.2, 0.25) is 0 Å². The minimum Gasteiger partial charge on any atom is -0.492 e. The van der Waals surface area contributed by atoms with Crippen LogP contribution in [0, 0.1) is 5.82 Å². The van der Waals surface area contributed by atoms with Crippen molar-refractivity contribution < 1.29 is 18.6 Å². The lowest BCUT2D eigenvalue weighted by Gasteiger charge is -2.42. The summed E-state index contributed by atoms with van der Waals surface area (Å²) in [5, 5.41) is 3.34. The summed E-state index contributed by atoms with van der Waals surface area (Å²) in [5.41, 5.74) is 1.47. The predicted octanol–water partition coefficient (Wildman–Crippen LogP) is 3.61. The minimum absolute atomic E-state index is 0.201. The molecule has 3 atom stereocenters. The van der Waals surface area contributed by atoms with Gasteiger partial charge < -0.3 is 19.5 Å². The molecule has 0 amide bonds. The summed E-state index contributed by atoms with van der Waals surface area (Å²) in [5.74, 6) is 1.25. The first-order chi connectivity index (χ1) is 14.3. The number of rotatable bonds is 5. The number of halogens is 1. The SMILES string of the molecule is CC1=CC(OC[C@]2(S)CCCN([C@@H](C)c3nc4c(cc3F)OCCO4)C2)=CC(C)N1. The number of allylic oxidation sites excluding steroid dienone is 2. The monoisotopic (exact) mass is 435 g/mol. The van der Waals surface area contributed by atoms with Crippen LogP contribution in [0.2, 0.25) is 0 Å². The maximum absolute atomic E-state index is 14.8. The highest BCUT2D eigenvalue weighted by atomic mass is 32.1. The van der Waals surface area contributed by atoms with Gasteiger partial charge in [-0.05, 0) is 52.3 Å². The van der Waals surface area contributed by atoms with E-state index in [1.165, 1.54) is 6.07 Å². The van der Waals surface area contributed by atoms with E-state index in [1.807, 2.05) is 19.9 Å². The molecule has 6 nitrogen and oxygen atoms in total. The van der Waals surface area contributed by atoms with Crippen LogP contribution < -0.4 is 14.8 Å². The molecule has 0 bridgehead atoms. The van der Waals surface area contributed by atoms with Crippen molar-refractivity contribution in [2.24, 2.45) is 0 Å². The highest BCUT2D eigenvalue weighted by Gasteiger charge is 2.36. The molecule has 8 heteroatoms. The number of aromatic nitrogens is 1. The van der Waals surface area contributed by atoms with Gasteiger partial charge >= 0.3 is 0 Å². The average Bonchev–Trinajstić information content (AvgIpc) is 2.71. The third kappa shape index (κ3) is 4.70. The van der Waals surface area contributed by atoms with Crippen LogP contribution in [0.25, 0.3) is 0 Å². The Labute approximate surface area is 182 Å². The lowest BCUT2D eigenvalue weighted by atomic mass is 9.95. The van der Waals surface area contributed by atoms with E-state index in [9.17, 15) is 4.39 Å². The quantitative estimate of drug-likeness (QED) is 0.689. The molecule has 4 rings (SSSR count). The van der Waals surface area contributed by atoms with Crippen LogP contribution in [0.15, 0.2) is 29.7 Å². The van der Waals surface area contributed by atoms with E-state index >= 15 is 0 Å². The smallest absolute Gasteiger partial charge is 0.257 e. The molecule has 1 fully saturated rings. The van der Waals surface area contributed by atoms with Crippen LogP contribution >= 0.6 is 12.6 Å². The summed E-state index contributed by atoms with van der Waals surface area (Å²) < 4.78 is 31.5. The Bertz CT molecular complexity index is 862. The summed E-state index contributed by atoms with van der Waals surface area (Å²) in [6.07, 6.45) is 5.99.